The zero-order valence-corrected chi connectivity index (χ0v) is 11.2. The maximum absolute atomic E-state index is 13.2. The third-order valence-electron chi connectivity index (χ3n) is 3.14. The molecular formula is C14H21FN2O. The lowest BCUT2D eigenvalue weighted by Crippen LogP contribution is -2.35. The van der Waals surface area contributed by atoms with Gasteiger partial charge < -0.3 is 10.6 Å². The predicted octanol–water partition coefficient (Wildman–Crippen LogP) is 2.92. The Kier molecular flexibility index (Phi) is 5.13. The molecule has 1 aromatic carbocycles. The summed E-state index contributed by atoms with van der Waals surface area (Å²) in [6, 6.07) is 3.90. The second-order valence-electron chi connectivity index (χ2n) is 4.59. The molecule has 0 radical (unpaired) electrons. The molecule has 2 N–H and O–H groups in total. The highest BCUT2D eigenvalue weighted by atomic mass is 19.1. The molecule has 1 unspecified atom stereocenters. The van der Waals surface area contributed by atoms with E-state index in [4.69, 9.17) is 5.73 Å². The number of nitrogens with two attached hydrogens (primary N) is 1. The Morgan fingerprint density at radius 2 is 2.11 bits per heavy atom. The zero-order valence-electron chi connectivity index (χ0n) is 11.2. The molecule has 4 heteroatoms. The van der Waals surface area contributed by atoms with Gasteiger partial charge in [0.2, 0.25) is 0 Å². The van der Waals surface area contributed by atoms with Crippen LogP contribution in [0.15, 0.2) is 18.2 Å². The van der Waals surface area contributed by atoms with E-state index in [2.05, 4.69) is 13.8 Å². The van der Waals surface area contributed by atoms with Gasteiger partial charge in [-0.1, -0.05) is 20.3 Å². The lowest BCUT2D eigenvalue weighted by molar-refractivity contribution is 0.0741. The number of hydrogen-bond acceptors (Lipinski definition) is 2. The molecule has 0 aliphatic carbocycles. The molecule has 0 saturated heterocycles. The largest absolute Gasteiger partial charge is 0.398 e. The third kappa shape index (κ3) is 3.45. The number of hydrogen-bond donors (Lipinski definition) is 1. The summed E-state index contributed by atoms with van der Waals surface area (Å²) in [4.78, 5) is 14.0. The van der Waals surface area contributed by atoms with Crippen LogP contribution in [0.25, 0.3) is 0 Å². The molecule has 3 nitrogen and oxygen atoms in total. The summed E-state index contributed by atoms with van der Waals surface area (Å²) < 4.78 is 13.2. The molecule has 0 heterocycles. The molecule has 18 heavy (non-hydrogen) atoms. The van der Waals surface area contributed by atoms with Crippen LogP contribution < -0.4 is 5.73 Å². The summed E-state index contributed by atoms with van der Waals surface area (Å²) in [5.74, 6) is -0.217. The van der Waals surface area contributed by atoms with E-state index in [1.54, 1.807) is 4.90 Å². The summed E-state index contributed by atoms with van der Waals surface area (Å²) in [6.07, 6.45) is 1.00. The Morgan fingerprint density at radius 3 is 2.67 bits per heavy atom. The van der Waals surface area contributed by atoms with Crippen molar-refractivity contribution in [3.8, 4) is 0 Å². The van der Waals surface area contributed by atoms with E-state index >= 15 is 0 Å². The fraction of sp³-hybridized carbons (Fsp3) is 0.500. The molecule has 0 bridgehead atoms. The second kappa shape index (κ2) is 6.38. The maximum atomic E-state index is 13.2. The number of nitrogen functional groups attached to an aromatic ring is 1. The van der Waals surface area contributed by atoms with Crippen LogP contribution in [0.4, 0.5) is 10.1 Å². The van der Waals surface area contributed by atoms with Crippen LogP contribution >= 0.6 is 0 Å². The van der Waals surface area contributed by atoms with Crippen molar-refractivity contribution in [2.45, 2.75) is 27.2 Å². The van der Waals surface area contributed by atoms with Gasteiger partial charge in [0.1, 0.15) is 5.82 Å². The number of rotatable bonds is 5. The van der Waals surface area contributed by atoms with E-state index in [1.165, 1.54) is 18.2 Å². The van der Waals surface area contributed by atoms with E-state index in [0.29, 0.717) is 24.7 Å². The Labute approximate surface area is 108 Å². The fourth-order valence-corrected chi connectivity index (χ4v) is 1.74. The van der Waals surface area contributed by atoms with Crippen LogP contribution in [0.3, 0.4) is 0 Å². The van der Waals surface area contributed by atoms with E-state index in [0.717, 1.165) is 6.42 Å². The van der Waals surface area contributed by atoms with Crippen molar-refractivity contribution in [2.24, 2.45) is 5.92 Å². The first-order valence-corrected chi connectivity index (χ1v) is 6.33. The van der Waals surface area contributed by atoms with Gasteiger partial charge in [-0.3, -0.25) is 4.79 Å². The van der Waals surface area contributed by atoms with E-state index in [-0.39, 0.29) is 11.5 Å². The highest BCUT2D eigenvalue weighted by molar-refractivity contribution is 5.99. The van der Waals surface area contributed by atoms with E-state index < -0.39 is 5.82 Å². The molecule has 100 valence electrons. The summed E-state index contributed by atoms with van der Waals surface area (Å²) in [5, 5.41) is 0. The van der Waals surface area contributed by atoms with Crippen LogP contribution in [0.1, 0.15) is 37.6 Å². The number of halogens is 1. The number of benzene rings is 1. The minimum Gasteiger partial charge on any atom is -0.398 e. The number of nitrogens with zero attached hydrogens (tertiary/aromatic N) is 1. The zero-order chi connectivity index (χ0) is 13.7. The first kappa shape index (κ1) is 14.5. The van der Waals surface area contributed by atoms with Crippen molar-refractivity contribution in [3.63, 3.8) is 0 Å². The highest BCUT2D eigenvalue weighted by Crippen LogP contribution is 2.17. The van der Waals surface area contributed by atoms with E-state index in [9.17, 15) is 9.18 Å². The molecule has 1 rings (SSSR count). The summed E-state index contributed by atoms with van der Waals surface area (Å²) in [6.45, 7) is 7.35. The van der Waals surface area contributed by atoms with Crippen molar-refractivity contribution in [1.29, 1.82) is 0 Å². The Bertz CT molecular complexity index is 420. The van der Waals surface area contributed by atoms with Crippen molar-refractivity contribution >= 4 is 11.6 Å². The van der Waals surface area contributed by atoms with Crippen molar-refractivity contribution in [2.75, 3.05) is 18.8 Å². The number of amides is 1. The minimum atomic E-state index is -0.438. The molecule has 1 aromatic rings. The first-order chi connectivity index (χ1) is 8.49. The maximum Gasteiger partial charge on any atom is 0.256 e. The summed E-state index contributed by atoms with van der Waals surface area (Å²) in [7, 11) is 0. The molecule has 0 aliphatic heterocycles. The molecular weight excluding hydrogens is 231 g/mol. The van der Waals surface area contributed by atoms with Crippen LogP contribution in [-0.4, -0.2) is 23.9 Å². The predicted molar refractivity (Wildman–Crippen MR) is 71.8 cm³/mol. The Balaban J connectivity index is 2.92. The van der Waals surface area contributed by atoms with Crippen LogP contribution in [0.5, 0.6) is 0 Å². The van der Waals surface area contributed by atoms with Crippen molar-refractivity contribution < 1.29 is 9.18 Å². The van der Waals surface area contributed by atoms with E-state index in [1.807, 2.05) is 6.92 Å². The topological polar surface area (TPSA) is 46.3 Å². The SMILES string of the molecule is CCC(C)CN(CC)C(=O)c1cc(F)ccc1N. The third-order valence-corrected chi connectivity index (χ3v) is 3.14. The Hall–Kier alpha value is -1.58. The van der Waals surface area contributed by atoms with Gasteiger partial charge in [-0.25, -0.2) is 4.39 Å². The van der Waals surface area contributed by atoms with Crippen LogP contribution in [0, 0.1) is 11.7 Å². The number of carbonyl (C=O) groups is 1. The quantitative estimate of drug-likeness (QED) is 0.819. The smallest absolute Gasteiger partial charge is 0.256 e. The fourth-order valence-electron chi connectivity index (χ4n) is 1.74. The van der Waals surface area contributed by atoms with Crippen LogP contribution in [-0.2, 0) is 0 Å². The van der Waals surface area contributed by atoms with Gasteiger partial charge >= 0.3 is 0 Å². The van der Waals surface area contributed by atoms with Gasteiger partial charge in [-0.2, -0.15) is 0 Å². The molecule has 0 fully saturated rings. The average Bonchev–Trinajstić information content (AvgIpc) is 2.37. The highest BCUT2D eigenvalue weighted by Gasteiger charge is 2.18. The summed E-state index contributed by atoms with van der Waals surface area (Å²) in [5.41, 5.74) is 6.31. The van der Waals surface area contributed by atoms with Gasteiger partial charge in [0.25, 0.3) is 5.91 Å². The average molecular weight is 252 g/mol. The van der Waals surface area contributed by atoms with Gasteiger partial charge in [-0.05, 0) is 31.0 Å². The molecule has 1 atom stereocenters. The lowest BCUT2D eigenvalue weighted by atomic mass is 10.1. The molecule has 0 spiro atoms. The van der Waals surface area contributed by atoms with Crippen molar-refractivity contribution in [3.05, 3.63) is 29.6 Å². The van der Waals surface area contributed by atoms with Gasteiger partial charge in [-0.15, -0.1) is 0 Å². The summed E-state index contributed by atoms with van der Waals surface area (Å²) >= 11 is 0. The molecule has 1 amide bonds. The van der Waals surface area contributed by atoms with Crippen molar-refractivity contribution in [1.82, 2.24) is 4.90 Å². The van der Waals surface area contributed by atoms with Gasteiger partial charge in [0, 0.05) is 18.8 Å². The normalized spacial score (nSPS) is 12.2. The Morgan fingerprint density at radius 1 is 1.44 bits per heavy atom. The van der Waals surface area contributed by atoms with Gasteiger partial charge in [0.05, 0.1) is 5.56 Å². The lowest BCUT2D eigenvalue weighted by Gasteiger charge is -2.24. The van der Waals surface area contributed by atoms with Gasteiger partial charge in [0.15, 0.2) is 0 Å². The standard InChI is InChI=1S/C14H21FN2O/c1-4-10(3)9-17(5-2)14(18)12-8-11(15)6-7-13(12)16/h6-8,10H,4-5,9,16H2,1-3H3. The molecule has 0 aromatic heterocycles. The first-order valence-electron chi connectivity index (χ1n) is 6.33. The number of anilines is 1. The number of carbonyl (C=O) groups excluding carboxylic acids is 1. The minimum absolute atomic E-state index is 0.199. The van der Waals surface area contributed by atoms with Crippen LogP contribution in [0.2, 0.25) is 0 Å². The monoisotopic (exact) mass is 252 g/mol. The second-order valence-corrected chi connectivity index (χ2v) is 4.59. The molecule has 0 aliphatic rings. The molecule has 0 saturated carbocycles.